The van der Waals surface area contributed by atoms with Crippen molar-refractivity contribution in [1.82, 2.24) is 4.98 Å². The van der Waals surface area contributed by atoms with Gasteiger partial charge in [-0.2, -0.15) is 0 Å². The molecule has 1 aromatic heterocycles. The normalized spacial score (nSPS) is 10.2. The summed E-state index contributed by atoms with van der Waals surface area (Å²) in [5.74, 6) is 0. The van der Waals surface area contributed by atoms with Crippen LogP contribution in [0.5, 0.6) is 0 Å². The standard InChI is InChI=1S/C13H14ClN3/c14-12-3-1-2-4-13(12)17-9-10-5-6-11(7-15)16-8-10/h1-6,8,17H,7,9,15H2. The molecule has 4 heteroatoms. The summed E-state index contributed by atoms with van der Waals surface area (Å²) >= 11 is 6.04. The van der Waals surface area contributed by atoms with E-state index in [1.165, 1.54) is 0 Å². The van der Waals surface area contributed by atoms with Crippen LogP contribution in [0.2, 0.25) is 5.02 Å². The maximum atomic E-state index is 6.04. The third-order valence-corrected chi connectivity index (χ3v) is 2.78. The number of benzene rings is 1. The van der Waals surface area contributed by atoms with Crippen molar-refractivity contribution < 1.29 is 0 Å². The summed E-state index contributed by atoms with van der Waals surface area (Å²) in [5.41, 5.74) is 8.41. The van der Waals surface area contributed by atoms with E-state index in [1.807, 2.05) is 42.6 Å². The predicted molar refractivity (Wildman–Crippen MR) is 70.9 cm³/mol. The molecule has 0 aliphatic heterocycles. The molecule has 0 aliphatic rings. The van der Waals surface area contributed by atoms with E-state index in [-0.39, 0.29) is 0 Å². The van der Waals surface area contributed by atoms with E-state index in [0.717, 1.165) is 22.0 Å². The van der Waals surface area contributed by atoms with Crippen LogP contribution < -0.4 is 11.1 Å². The Balaban J connectivity index is 2.00. The van der Waals surface area contributed by atoms with E-state index >= 15 is 0 Å². The molecule has 0 saturated heterocycles. The highest BCUT2D eigenvalue weighted by Gasteiger charge is 1.99. The maximum Gasteiger partial charge on any atom is 0.0637 e. The van der Waals surface area contributed by atoms with Gasteiger partial charge in [0.05, 0.1) is 16.4 Å². The molecule has 17 heavy (non-hydrogen) atoms. The number of nitrogens with zero attached hydrogens (tertiary/aromatic N) is 1. The second kappa shape index (κ2) is 5.66. The van der Waals surface area contributed by atoms with E-state index < -0.39 is 0 Å². The maximum absolute atomic E-state index is 6.04. The average molecular weight is 248 g/mol. The van der Waals surface area contributed by atoms with Crippen LogP contribution in [0.25, 0.3) is 0 Å². The highest BCUT2D eigenvalue weighted by atomic mass is 35.5. The quantitative estimate of drug-likeness (QED) is 0.874. The Morgan fingerprint density at radius 2 is 2.00 bits per heavy atom. The van der Waals surface area contributed by atoms with Crippen molar-refractivity contribution in [3.63, 3.8) is 0 Å². The third-order valence-electron chi connectivity index (χ3n) is 2.45. The zero-order valence-electron chi connectivity index (χ0n) is 9.36. The van der Waals surface area contributed by atoms with Crippen LogP contribution in [0.15, 0.2) is 42.6 Å². The largest absolute Gasteiger partial charge is 0.380 e. The fourth-order valence-corrected chi connectivity index (χ4v) is 1.68. The first-order valence-corrected chi connectivity index (χ1v) is 5.79. The van der Waals surface area contributed by atoms with Gasteiger partial charge in [0.2, 0.25) is 0 Å². The number of nitrogens with one attached hydrogen (secondary N) is 1. The molecule has 0 spiro atoms. The molecule has 0 bridgehead atoms. The predicted octanol–water partition coefficient (Wildman–Crippen LogP) is 2.81. The molecule has 0 saturated carbocycles. The van der Waals surface area contributed by atoms with Gasteiger partial charge in [0.15, 0.2) is 0 Å². The minimum atomic E-state index is 0.470. The highest BCUT2D eigenvalue weighted by molar-refractivity contribution is 6.33. The fourth-order valence-electron chi connectivity index (χ4n) is 1.48. The van der Waals surface area contributed by atoms with Gasteiger partial charge in [-0.05, 0) is 23.8 Å². The second-order valence-electron chi connectivity index (χ2n) is 3.70. The van der Waals surface area contributed by atoms with E-state index in [4.69, 9.17) is 17.3 Å². The molecule has 0 radical (unpaired) electrons. The van der Waals surface area contributed by atoms with Crippen molar-refractivity contribution in [3.8, 4) is 0 Å². The molecule has 1 heterocycles. The van der Waals surface area contributed by atoms with Crippen LogP contribution >= 0.6 is 11.6 Å². The monoisotopic (exact) mass is 247 g/mol. The van der Waals surface area contributed by atoms with Crippen molar-refractivity contribution in [2.45, 2.75) is 13.1 Å². The number of halogens is 1. The van der Waals surface area contributed by atoms with Crippen molar-refractivity contribution >= 4 is 17.3 Å². The molecule has 2 rings (SSSR count). The fraction of sp³-hybridized carbons (Fsp3) is 0.154. The van der Waals surface area contributed by atoms with Crippen LogP contribution in [0.1, 0.15) is 11.3 Å². The summed E-state index contributed by atoms with van der Waals surface area (Å²) in [4.78, 5) is 4.23. The van der Waals surface area contributed by atoms with Crippen LogP contribution in [-0.2, 0) is 13.1 Å². The Kier molecular flexibility index (Phi) is 3.96. The summed E-state index contributed by atoms with van der Waals surface area (Å²) in [6, 6.07) is 11.6. The van der Waals surface area contributed by atoms with Gasteiger partial charge in [0.1, 0.15) is 0 Å². The molecule has 3 N–H and O–H groups in total. The van der Waals surface area contributed by atoms with Gasteiger partial charge in [-0.3, -0.25) is 4.98 Å². The lowest BCUT2D eigenvalue weighted by Gasteiger charge is -2.08. The Hall–Kier alpha value is -1.58. The number of rotatable bonds is 4. The Morgan fingerprint density at radius 3 is 2.65 bits per heavy atom. The smallest absolute Gasteiger partial charge is 0.0637 e. The summed E-state index contributed by atoms with van der Waals surface area (Å²) < 4.78 is 0. The lowest BCUT2D eigenvalue weighted by Crippen LogP contribution is -2.03. The number of para-hydroxylation sites is 1. The minimum absolute atomic E-state index is 0.470. The lowest BCUT2D eigenvalue weighted by molar-refractivity contribution is 0.973. The minimum Gasteiger partial charge on any atom is -0.380 e. The number of anilines is 1. The average Bonchev–Trinajstić information content (AvgIpc) is 2.38. The van der Waals surface area contributed by atoms with Gasteiger partial charge in [-0.25, -0.2) is 0 Å². The molecule has 0 fully saturated rings. The molecular formula is C13H14ClN3. The third kappa shape index (κ3) is 3.19. The van der Waals surface area contributed by atoms with Crippen LogP contribution in [0.3, 0.4) is 0 Å². The first-order chi connectivity index (χ1) is 8.29. The topological polar surface area (TPSA) is 50.9 Å². The van der Waals surface area contributed by atoms with Crippen LogP contribution in [0.4, 0.5) is 5.69 Å². The number of hydrogen-bond donors (Lipinski definition) is 2. The van der Waals surface area contributed by atoms with Gasteiger partial charge in [0.25, 0.3) is 0 Å². The molecule has 0 aliphatic carbocycles. The molecule has 0 amide bonds. The molecule has 3 nitrogen and oxygen atoms in total. The van der Waals surface area contributed by atoms with E-state index in [1.54, 1.807) is 0 Å². The van der Waals surface area contributed by atoms with Gasteiger partial charge < -0.3 is 11.1 Å². The SMILES string of the molecule is NCc1ccc(CNc2ccccc2Cl)cn1. The zero-order valence-corrected chi connectivity index (χ0v) is 10.1. The van der Waals surface area contributed by atoms with Crippen LogP contribution in [-0.4, -0.2) is 4.98 Å². The van der Waals surface area contributed by atoms with Crippen molar-refractivity contribution in [2.24, 2.45) is 5.73 Å². The molecule has 2 aromatic rings. The summed E-state index contributed by atoms with van der Waals surface area (Å²) in [5, 5.41) is 3.98. The number of hydrogen-bond acceptors (Lipinski definition) is 3. The molecule has 1 aromatic carbocycles. The molecule has 88 valence electrons. The Labute approximate surface area is 106 Å². The van der Waals surface area contributed by atoms with Gasteiger partial charge in [0, 0.05) is 19.3 Å². The summed E-state index contributed by atoms with van der Waals surface area (Å²) in [6.45, 7) is 1.17. The number of aromatic nitrogens is 1. The molecule has 0 unspecified atom stereocenters. The van der Waals surface area contributed by atoms with Crippen molar-refractivity contribution in [2.75, 3.05) is 5.32 Å². The van der Waals surface area contributed by atoms with Gasteiger partial charge in [-0.15, -0.1) is 0 Å². The summed E-state index contributed by atoms with van der Waals surface area (Å²) in [7, 11) is 0. The Morgan fingerprint density at radius 1 is 1.18 bits per heavy atom. The van der Waals surface area contributed by atoms with Crippen LogP contribution in [0, 0.1) is 0 Å². The molecular weight excluding hydrogens is 234 g/mol. The van der Waals surface area contributed by atoms with E-state index in [2.05, 4.69) is 10.3 Å². The Bertz CT molecular complexity index is 482. The second-order valence-corrected chi connectivity index (χ2v) is 4.10. The highest BCUT2D eigenvalue weighted by Crippen LogP contribution is 2.20. The first kappa shape index (κ1) is 11.9. The first-order valence-electron chi connectivity index (χ1n) is 5.42. The molecule has 0 atom stereocenters. The van der Waals surface area contributed by atoms with Crippen molar-refractivity contribution in [3.05, 3.63) is 58.9 Å². The van der Waals surface area contributed by atoms with Gasteiger partial charge in [-0.1, -0.05) is 29.8 Å². The van der Waals surface area contributed by atoms with Gasteiger partial charge >= 0.3 is 0 Å². The van der Waals surface area contributed by atoms with E-state index in [0.29, 0.717) is 13.1 Å². The van der Waals surface area contributed by atoms with Crippen molar-refractivity contribution in [1.29, 1.82) is 0 Å². The lowest BCUT2D eigenvalue weighted by atomic mass is 10.2. The zero-order chi connectivity index (χ0) is 12.1. The van der Waals surface area contributed by atoms with E-state index in [9.17, 15) is 0 Å². The number of nitrogens with two attached hydrogens (primary N) is 1. The number of pyridine rings is 1. The summed E-state index contributed by atoms with van der Waals surface area (Å²) in [6.07, 6.45) is 1.83.